The predicted molar refractivity (Wildman–Crippen MR) is 204 cm³/mol. The molecule has 0 saturated heterocycles. The zero-order valence-electron chi connectivity index (χ0n) is 27.7. The monoisotopic (exact) mass is 760 g/mol. The molecule has 2 aliphatic carbocycles. The van der Waals surface area contributed by atoms with Crippen molar-refractivity contribution in [2.45, 2.75) is 72.6 Å². The summed E-state index contributed by atoms with van der Waals surface area (Å²) in [6.45, 7) is 1.62. The van der Waals surface area contributed by atoms with Gasteiger partial charge in [0.1, 0.15) is 14.1 Å². The second kappa shape index (κ2) is 17.4. The normalized spacial score (nSPS) is 15.8. The van der Waals surface area contributed by atoms with Crippen molar-refractivity contribution >= 4 is 76.8 Å². The molecule has 6 N–H and O–H groups in total. The molecular weight excluding hydrogens is 717 g/mol. The van der Waals surface area contributed by atoms with Crippen molar-refractivity contribution in [1.82, 2.24) is 0 Å². The number of nitro groups is 1. The molecule has 0 bridgehead atoms. The fourth-order valence-electron chi connectivity index (χ4n) is 6.22. The molecule has 16 heteroatoms. The second-order valence-electron chi connectivity index (χ2n) is 12.6. The highest BCUT2D eigenvalue weighted by Gasteiger charge is 2.21. The number of anilines is 5. The maximum atomic E-state index is 12.3. The van der Waals surface area contributed by atoms with Crippen molar-refractivity contribution in [2.24, 2.45) is 11.8 Å². The zero-order chi connectivity index (χ0) is 35.6. The highest BCUT2D eigenvalue weighted by Crippen LogP contribution is 2.32. The lowest BCUT2D eigenvalue weighted by molar-refractivity contribution is -0.383. The third kappa shape index (κ3) is 10.6. The SMILES string of the molecule is Nc1cc(NS(=O)(=O)c2cccs2)ccc1NCC1CCCCC1.O=[N+]([O-])c1cc(NS(=O)(=O)c2cccs2)ccc1NCC1CCCCC1. The van der Waals surface area contributed by atoms with Gasteiger partial charge in [0.15, 0.2) is 0 Å². The van der Waals surface area contributed by atoms with E-state index in [1.807, 2.05) is 6.07 Å². The lowest BCUT2D eigenvalue weighted by atomic mass is 9.89. The lowest BCUT2D eigenvalue weighted by Crippen LogP contribution is -2.18. The summed E-state index contributed by atoms with van der Waals surface area (Å²) in [7, 11) is -7.27. The fourth-order valence-corrected chi connectivity index (χ4v) is 10.3. The number of nitrogen functional groups attached to an aromatic ring is 1. The molecule has 0 aliphatic heterocycles. The first-order valence-electron chi connectivity index (χ1n) is 16.8. The number of nitrogens with zero attached hydrogens (tertiary/aromatic N) is 1. The van der Waals surface area contributed by atoms with E-state index in [9.17, 15) is 26.9 Å². The van der Waals surface area contributed by atoms with Gasteiger partial charge in [-0.05, 0) is 90.7 Å². The first kappa shape index (κ1) is 37.4. The minimum Gasteiger partial charge on any atom is -0.397 e. The molecule has 2 aromatic heterocycles. The van der Waals surface area contributed by atoms with Crippen molar-refractivity contribution < 1.29 is 21.8 Å². The van der Waals surface area contributed by atoms with Gasteiger partial charge in [-0.25, -0.2) is 16.8 Å². The van der Waals surface area contributed by atoms with Crippen molar-refractivity contribution in [3.8, 4) is 0 Å². The van der Waals surface area contributed by atoms with E-state index >= 15 is 0 Å². The van der Waals surface area contributed by atoms with Crippen molar-refractivity contribution in [2.75, 3.05) is 38.9 Å². The van der Waals surface area contributed by atoms with Crippen LogP contribution in [-0.2, 0) is 20.0 Å². The Morgan fingerprint density at radius 3 is 1.58 bits per heavy atom. The fraction of sp³-hybridized carbons (Fsp3) is 0.412. The molecule has 0 unspecified atom stereocenters. The molecule has 0 atom stereocenters. The number of nitrogens with one attached hydrogen (secondary N) is 4. The zero-order valence-corrected chi connectivity index (χ0v) is 30.9. The highest BCUT2D eigenvalue weighted by atomic mass is 32.3. The summed E-state index contributed by atoms with van der Waals surface area (Å²) >= 11 is 2.28. The van der Waals surface area contributed by atoms with Crippen LogP contribution in [0, 0.1) is 22.0 Å². The maximum absolute atomic E-state index is 12.3. The molecule has 2 heterocycles. The first-order valence-corrected chi connectivity index (χ1v) is 21.5. The first-order chi connectivity index (χ1) is 24.0. The van der Waals surface area contributed by atoms with Crippen LogP contribution in [0.15, 0.2) is 79.8 Å². The number of thiophene rings is 2. The van der Waals surface area contributed by atoms with Gasteiger partial charge < -0.3 is 16.4 Å². The number of sulfonamides is 2. The third-order valence-electron chi connectivity index (χ3n) is 8.88. The van der Waals surface area contributed by atoms with E-state index in [2.05, 4.69) is 20.1 Å². The lowest BCUT2D eigenvalue weighted by Gasteiger charge is -2.22. The number of nitro benzene ring substituents is 1. The highest BCUT2D eigenvalue weighted by molar-refractivity contribution is 7.95. The third-order valence-corrected chi connectivity index (χ3v) is 14.4. The molecular formula is C34H44N6O6S4. The van der Waals surface area contributed by atoms with Gasteiger partial charge in [-0.2, -0.15) is 0 Å². The molecule has 4 aromatic rings. The number of hydrogen-bond donors (Lipinski definition) is 5. The van der Waals surface area contributed by atoms with E-state index in [1.165, 1.54) is 74.8 Å². The Labute approximate surface area is 302 Å². The molecule has 12 nitrogen and oxygen atoms in total. The number of benzene rings is 2. The second-order valence-corrected chi connectivity index (χ2v) is 18.3. The predicted octanol–water partition coefficient (Wildman–Crippen LogP) is 8.57. The van der Waals surface area contributed by atoms with Crippen LogP contribution < -0.4 is 25.8 Å². The Kier molecular flexibility index (Phi) is 13.0. The summed E-state index contributed by atoms with van der Waals surface area (Å²) in [6.07, 6.45) is 12.5. The van der Waals surface area contributed by atoms with Crippen LogP contribution in [0.2, 0.25) is 0 Å². The minimum absolute atomic E-state index is 0.132. The molecule has 0 amide bonds. The van der Waals surface area contributed by atoms with E-state index in [0.717, 1.165) is 36.4 Å². The molecule has 0 radical (unpaired) electrons. The van der Waals surface area contributed by atoms with E-state index in [4.69, 9.17) is 5.73 Å². The van der Waals surface area contributed by atoms with Crippen molar-refractivity contribution in [1.29, 1.82) is 0 Å². The summed E-state index contributed by atoms with van der Waals surface area (Å²) in [5, 5.41) is 21.4. The molecule has 2 fully saturated rings. The van der Waals surface area contributed by atoms with Gasteiger partial charge in [0.2, 0.25) is 0 Å². The van der Waals surface area contributed by atoms with Crippen LogP contribution in [0.5, 0.6) is 0 Å². The topological polar surface area (TPSA) is 186 Å². The van der Waals surface area contributed by atoms with Gasteiger partial charge in [0.25, 0.3) is 25.7 Å². The summed E-state index contributed by atoms with van der Waals surface area (Å²) < 4.78 is 54.4. The quantitative estimate of drug-likeness (QED) is 0.0506. The van der Waals surface area contributed by atoms with Gasteiger partial charge >= 0.3 is 0 Å². The Bertz CT molecular complexity index is 1910. The molecule has 2 aromatic carbocycles. The van der Waals surface area contributed by atoms with Crippen molar-refractivity contribution in [3.05, 3.63) is 81.5 Å². The summed E-state index contributed by atoms with van der Waals surface area (Å²) in [5.74, 6) is 1.23. The smallest absolute Gasteiger partial charge is 0.294 e. The number of nitrogens with two attached hydrogens (primary N) is 1. The number of rotatable bonds is 13. The molecule has 0 spiro atoms. The van der Waals surface area contributed by atoms with Crippen LogP contribution in [0.25, 0.3) is 0 Å². The van der Waals surface area contributed by atoms with Crippen LogP contribution in [0.4, 0.5) is 34.1 Å². The molecule has 2 saturated carbocycles. The standard InChI is InChI=1S/C17H21N3O4S2.C17H23N3O2S2/c21-20(22)16-11-14(19-26(23,24)17-7-4-10-25-17)8-9-15(16)18-12-13-5-2-1-3-6-13;18-15-11-14(20-24(21,22)17-7-4-10-23-17)8-9-16(15)19-12-13-5-2-1-3-6-13/h4,7-11,13,18-19H,1-3,5-6,12H2;4,7-11,13,19-20H,1-3,5-6,12,18H2. The van der Waals surface area contributed by atoms with Crippen LogP contribution >= 0.6 is 22.7 Å². The largest absolute Gasteiger partial charge is 0.397 e. The van der Waals surface area contributed by atoms with Gasteiger partial charge in [-0.1, -0.05) is 50.7 Å². The number of hydrogen-bond acceptors (Lipinski definition) is 11. The Morgan fingerprint density at radius 1 is 0.680 bits per heavy atom. The van der Waals surface area contributed by atoms with E-state index in [-0.39, 0.29) is 15.6 Å². The van der Waals surface area contributed by atoms with Gasteiger partial charge in [0, 0.05) is 19.2 Å². The Morgan fingerprint density at radius 2 is 1.14 bits per heavy atom. The molecule has 2 aliphatic rings. The van der Waals surface area contributed by atoms with E-state index in [0.29, 0.717) is 39.7 Å². The average Bonchev–Trinajstić information content (AvgIpc) is 3.85. The molecule has 270 valence electrons. The van der Waals surface area contributed by atoms with Gasteiger partial charge in [-0.15, -0.1) is 22.7 Å². The summed E-state index contributed by atoms with van der Waals surface area (Å²) in [5.41, 5.74) is 8.43. The van der Waals surface area contributed by atoms with Crippen LogP contribution in [0.1, 0.15) is 64.2 Å². The molecule has 50 heavy (non-hydrogen) atoms. The Balaban J connectivity index is 0.000000195. The van der Waals surface area contributed by atoms with Crippen molar-refractivity contribution in [3.63, 3.8) is 0 Å². The summed E-state index contributed by atoms with van der Waals surface area (Å²) in [6, 6.07) is 16.0. The van der Waals surface area contributed by atoms with Crippen LogP contribution in [0.3, 0.4) is 0 Å². The van der Waals surface area contributed by atoms with Crippen LogP contribution in [-0.4, -0.2) is 34.8 Å². The van der Waals surface area contributed by atoms with Gasteiger partial charge in [-0.3, -0.25) is 19.6 Å². The molecule has 6 rings (SSSR count). The summed E-state index contributed by atoms with van der Waals surface area (Å²) in [4.78, 5) is 10.9. The maximum Gasteiger partial charge on any atom is 0.294 e. The van der Waals surface area contributed by atoms with Gasteiger partial charge in [0.05, 0.1) is 27.7 Å². The van der Waals surface area contributed by atoms with E-state index in [1.54, 1.807) is 53.2 Å². The minimum atomic E-state index is -3.73. The average molecular weight is 761 g/mol. The Hall–Kier alpha value is -3.86. The van der Waals surface area contributed by atoms with E-state index < -0.39 is 25.0 Å².